The molecule has 0 radical (unpaired) electrons. The van der Waals surface area contributed by atoms with Crippen LogP contribution in [0.5, 0.6) is 5.75 Å². The highest BCUT2D eigenvalue weighted by atomic mass is 79.9. The van der Waals surface area contributed by atoms with Crippen molar-refractivity contribution in [3.05, 3.63) is 26.6 Å². The fourth-order valence-corrected chi connectivity index (χ4v) is 1.21. The molecular formula is C6H6BrN5O2. The molecule has 0 saturated heterocycles. The lowest BCUT2D eigenvalue weighted by Crippen LogP contribution is -2.09. The highest BCUT2D eigenvalue weighted by Crippen LogP contribution is 2.13. The summed E-state index contributed by atoms with van der Waals surface area (Å²) in [5, 5.41) is 22.6. The summed E-state index contributed by atoms with van der Waals surface area (Å²) in [6.45, 7) is 0. The molecule has 5 N–H and O–H groups in total. The number of aromatic nitrogens is 1. The summed E-state index contributed by atoms with van der Waals surface area (Å²) in [7, 11) is 0. The number of nitrogens with two attached hydrogens (primary N) is 1. The lowest BCUT2D eigenvalue weighted by Gasteiger charge is -2.01. The molecule has 0 aliphatic carbocycles. The molecule has 0 atom stereocenters. The largest absolute Gasteiger partial charge is 0.503 e. The van der Waals surface area contributed by atoms with E-state index in [9.17, 15) is 9.90 Å². The first kappa shape index (κ1) is 10.4. The molecule has 0 aliphatic rings. The second-order valence-electron chi connectivity index (χ2n) is 2.27. The first-order valence-electron chi connectivity index (χ1n) is 3.38. The summed E-state index contributed by atoms with van der Waals surface area (Å²) < 4.78 is 0.326. The van der Waals surface area contributed by atoms with E-state index in [4.69, 9.17) is 11.3 Å². The van der Waals surface area contributed by atoms with Crippen molar-refractivity contribution in [1.29, 1.82) is 5.41 Å². The molecular weight excluding hydrogens is 254 g/mol. The average Bonchev–Trinajstić information content (AvgIpc) is 2.11. The fourth-order valence-electron chi connectivity index (χ4n) is 0.800. The van der Waals surface area contributed by atoms with Crippen molar-refractivity contribution in [2.24, 2.45) is 16.2 Å². The maximum atomic E-state index is 11.1. The molecule has 0 amide bonds. The van der Waals surface area contributed by atoms with Gasteiger partial charge in [0.2, 0.25) is 5.43 Å². The van der Waals surface area contributed by atoms with Crippen molar-refractivity contribution in [2.45, 2.75) is 0 Å². The zero-order chi connectivity index (χ0) is 10.7. The van der Waals surface area contributed by atoms with Crippen molar-refractivity contribution in [3.63, 3.8) is 0 Å². The minimum atomic E-state index is -0.623. The minimum Gasteiger partial charge on any atom is -0.503 e. The highest BCUT2D eigenvalue weighted by Gasteiger charge is 2.11. The zero-order valence-corrected chi connectivity index (χ0v) is 8.37. The summed E-state index contributed by atoms with van der Waals surface area (Å²) in [4.78, 5) is 13.6. The quantitative estimate of drug-likeness (QED) is 0.146. The third kappa shape index (κ3) is 1.96. The zero-order valence-electron chi connectivity index (χ0n) is 6.78. The average molecular weight is 260 g/mol. The van der Waals surface area contributed by atoms with E-state index in [-0.39, 0.29) is 5.69 Å². The van der Waals surface area contributed by atoms with E-state index in [2.05, 4.69) is 31.3 Å². The molecule has 1 aromatic heterocycles. The SMILES string of the molecule is N=C(N=NN)c1[nH]c(Br)cc(=O)c1O. The van der Waals surface area contributed by atoms with Crippen molar-refractivity contribution in [1.82, 2.24) is 4.98 Å². The maximum absolute atomic E-state index is 11.1. The number of hydrogen-bond acceptors (Lipinski definition) is 4. The molecule has 0 aliphatic heterocycles. The number of pyridine rings is 1. The van der Waals surface area contributed by atoms with Crippen molar-refractivity contribution >= 4 is 21.8 Å². The predicted molar refractivity (Wildman–Crippen MR) is 52.3 cm³/mol. The molecule has 1 heterocycles. The van der Waals surface area contributed by atoms with Crippen LogP contribution in [0.4, 0.5) is 0 Å². The Bertz CT molecular complexity index is 452. The number of aromatic hydroxyl groups is 1. The summed E-state index contributed by atoms with van der Waals surface area (Å²) in [6, 6.07) is 1.13. The van der Waals surface area contributed by atoms with Gasteiger partial charge in [0.1, 0.15) is 5.69 Å². The number of halogens is 1. The van der Waals surface area contributed by atoms with E-state index in [1.807, 2.05) is 0 Å². The second-order valence-corrected chi connectivity index (χ2v) is 3.12. The van der Waals surface area contributed by atoms with Gasteiger partial charge in [0.25, 0.3) is 0 Å². The van der Waals surface area contributed by atoms with Gasteiger partial charge in [-0.25, -0.2) is 0 Å². The summed E-state index contributed by atoms with van der Waals surface area (Å²) in [6.07, 6.45) is 0. The van der Waals surface area contributed by atoms with E-state index < -0.39 is 17.0 Å². The van der Waals surface area contributed by atoms with Gasteiger partial charge in [-0.05, 0) is 15.9 Å². The molecule has 0 aromatic carbocycles. The number of nitrogens with zero attached hydrogens (tertiary/aromatic N) is 2. The van der Waals surface area contributed by atoms with E-state index in [0.717, 1.165) is 6.07 Å². The van der Waals surface area contributed by atoms with E-state index >= 15 is 0 Å². The lowest BCUT2D eigenvalue weighted by molar-refractivity contribution is 0.465. The lowest BCUT2D eigenvalue weighted by atomic mass is 10.3. The van der Waals surface area contributed by atoms with E-state index in [0.29, 0.717) is 4.60 Å². The molecule has 74 valence electrons. The van der Waals surface area contributed by atoms with Crippen LogP contribution in [0.15, 0.2) is 25.8 Å². The molecule has 1 rings (SSSR count). The van der Waals surface area contributed by atoms with Crippen LogP contribution in [0.2, 0.25) is 0 Å². The van der Waals surface area contributed by atoms with Gasteiger partial charge in [-0.15, -0.1) is 5.11 Å². The Morgan fingerprint density at radius 3 is 2.93 bits per heavy atom. The van der Waals surface area contributed by atoms with Crippen molar-refractivity contribution < 1.29 is 5.11 Å². The molecule has 0 bridgehead atoms. The van der Waals surface area contributed by atoms with Gasteiger partial charge in [-0.1, -0.05) is 5.22 Å². The Morgan fingerprint density at radius 2 is 2.36 bits per heavy atom. The van der Waals surface area contributed by atoms with Crippen LogP contribution in [0.1, 0.15) is 5.69 Å². The van der Waals surface area contributed by atoms with Crippen molar-refractivity contribution in [3.8, 4) is 5.75 Å². The first-order chi connectivity index (χ1) is 6.56. The topological polar surface area (TPSA) is 128 Å². The predicted octanol–water partition coefficient (Wildman–Crippen LogP) is 0.494. The molecule has 0 fully saturated rings. The maximum Gasteiger partial charge on any atom is 0.225 e. The van der Waals surface area contributed by atoms with E-state index in [1.165, 1.54) is 0 Å². The number of hydrogen-bond donors (Lipinski definition) is 4. The Balaban J connectivity index is 3.34. The van der Waals surface area contributed by atoms with Crippen LogP contribution in [0.3, 0.4) is 0 Å². The summed E-state index contributed by atoms with van der Waals surface area (Å²) >= 11 is 3.00. The molecule has 8 heteroatoms. The molecule has 1 aromatic rings. The normalized spacial score (nSPS) is 10.6. The van der Waals surface area contributed by atoms with Gasteiger partial charge in [-0.3, -0.25) is 10.2 Å². The Hall–Kier alpha value is -1.70. The molecule has 14 heavy (non-hydrogen) atoms. The van der Waals surface area contributed by atoms with Crippen LogP contribution >= 0.6 is 15.9 Å². The number of aromatic amines is 1. The summed E-state index contributed by atoms with van der Waals surface area (Å²) in [5.41, 5.74) is -0.763. The third-order valence-corrected chi connectivity index (χ3v) is 1.79. The molecule has 7 nitrogen and oxygen atoms in total. The fraction of sp³-hybridized carbons (Fsp3) is 0. The van der Waals surface area contributed by atoms with Gasteiger partial charge >= 0.3 is 0 Å². The number of amidine groups is 1. The number of nitrogens with one attached hydrogen (secondary N) is 2. The van der Waals surface area contributed by atoms with Crippen molar-refractivity contribution in [2.75, 3.05) is 0 Å². The van der Waals surface area contributed by atoms with E-state index in [1.54, 1.807) is 0 Å². The Morgan fingerprint density at radius 1 is 1.71 bits per heavy atom. The van der Waals surface area contributed by atoms with Gasteiger partial charge < -0.3 is 15.9 Å². The number of H-pyrrole nitrogens is 1. The number of rotatable bonds is 1. The van der Waals surface area contributed by atoms with Gasteiger partial charge in [-0.2, -0.15) is 0 Å². The monoisotopic (exact) mass is 259 g/mol. The van der Waals surface area contributed by atoms with Crippen LogP contribution in [0, 0.1) is 5.41 Å². The van der Waals surface area contributed by atoms with Crippen LogP contribution in [-0.4, -0.2) is 15.9 Å². The highest BCUT2D eigenvalue weighted by molar-refractivity contribution is 9.10. The Kier molecular flexibility index (Phi) is 2.97. The molecule has 0 saturated carbocycles. The minimum absolute atomic E-state index is 0.140. The van der Waals surface area contributed by atoms with Crippen LogP contribution < -0.4 is 11.3 Å². The standard InChI is InChI=1S/C6H6BrN5O2/c7-3-1-2(13)5(14)4(10-3)6(8)11-12-9/h1,14H,(H,10,13)(H3,8,9,11). The van der Waals surface area contributed by atoms with Crippen LogP contribution in [-0.2, 0) is 0 Å². The smallest absolute Gasteiger partial charge is 0.225 e. The third-order valence-electron chi connectivity index (χ3n) is 1.37. The second kappa shape index (κ2) is 4.01. The molecule has 0 unspecified atom stereocenters. The van der Waals surface area contributed by atoms with Gasteiger partial charge in [0, 0.05) is 6.07 Å². The first-order valence-corrected chi connectivity index (χ1v) is 4.17. The van der Waals surface area contributed by atoms with Gasteiger partial charge in [0.05, 0.1) is 4.60 Å². The van der Waals surface area contributed by atoms with Crippen LogP contribution in [0.25, 0.3) is 0 Å². The van der Waals surface area contributed by atoms with Gasteiger partial charge in [0.15, 0.2) is 11.6 Å². The Labute approximate surface area is 86.3 Å². The summed E-state index contributed by atoms with van der Waals surface area (Å²) in [5.74, 6) is 3.71. The molecule has 0 spiro atoms.